The Hall–Kier alpha value is -3.94. The molecule has 0 aliphatic heterocycles. The molecule has 8 heteroatoms. The van der Waals surface area contributed by atoms with Crippen molar-refractivity contribution < 1.29 is 9.13 Å². The van der Waals surface area contributed by atoms with Crippen LogP contribution in [0.5, 0.6) is 0 Å². The Bertz CT molecular complexity index is 1180. The number of rotatable bonds is 12. The van der Waals surface area contributed by atoms with Gasteiger partial charge in [-0.15, -0.1) is 0 Å². The first-order valence-electron chi connectivity index (χ1n) is 13.0. The SMILES string of the molecule is Cn1cc[n+](C)c1N=Nc1ccc(CCCCCCCc2ccc(N=Nc3n(C)cc[n+]3C)cc2)cc1. The third kappa shape index (κ3) is 7.52. The van der Waals surface area contributed by atoms with Crippen molar-refractivity contribution in [2.45, 2.75) is 44.9 Å². The Balaban J connectivity index is 1.10. The number of hydrogen-bond donors (Lipinski definition) is 0. The number of nitrogens with zero attached hydrogens (tertiary/aromatic N) is 8. The van der Waals surface area contributed by atoms with Crippen LogP contribution >= 0.6 is 0 Å². The quantitative estimate of drug-likeness (QED) is 0.120. The van der Waals surface area contributed by atoms with Crippen LogP contribution in [-0.4, -0.2) is 9.13 Å². The van der Waals surface area contributed by atoms with Gasteiger partial charge in [0.15, 0.2) is 0 Å². The molecule has 2 aromatic heterocycles. The lowest BCUT2D eigenvalue weighted by Crippen LogP contribution is -2.25. The molecule has 0 saturated carbocycles. The number of imidazole rings is 2. The minimum atomic E-state index is 0.820. The Morgan fingerprint density at radius 1 is 0.541 bits per heavy atom. The van der Waals surface area contributed by atoms with Gasteiger partial charge < -0.3 is 0 Å². The number of azo groups is 2. The second-order valence-corrected chi connectivity index (χ2v) is 9.64. The molecule has 8 nitrogen and oxygen atoms in total. The van der Waals surface area contributed by atoms with Crippen molar-refractivity contribution in [2.24, 2.45) is 48.6 Å². The maximum Gasteiger partial charge on any atom is 0.421 e. The number of aryl methyl sites for hydroxylation is 6. The van der Waals surface area contributed by atoms with Gasteiger partial charge in [0.2, 0.25) is 0 Å². The Labute approximate surface area is 219 Å². The first-order valence-corrected chi connectivity index (χ1v) is 13.0. The fraction of sp³-hybridized carbons (Fsp3) is 0.379. The molecule has 4 aromatic rings. The van der Waals surface area contributed by atoms with Crippen LogP contribution in [-0.2, 0) is 41.0 Å². The molecule has 0 fully saturated rings. The van der Waals surface area contributed by atoms with Gasteiger partial charge >= 0.3 is 11.9 Å². The fourth-order valence-electron chi connectivity index (χ4n) is 4.30. The zero-order chi connectivity index (χ0) is 26.0. The predicted octanol–water partition coefficient (Wildman–Crippen LogP) is 6.58. The zero-order valence-electron chi connectivity index (χ0n) is 22.5. The molecular formula is C29H38N8+2. The van der Waals surface area contributed by atoms with Crippen molar-refractivity contribution >= 4 is 23.3 Å². The highest BCUT2D eigenvalue weighted by molar-refractivity contribution is 5.39. The van der Waals surface area contributed by atoms with E-state index in [0.29, 0.717) is 0 Å². The van der Waals surface area contributed by atoms with Crippen LogP contribution in [0.15, 0.2) is 93.8 Å². The van der Waals surface area contributed by atoms with E-state index in [9.17, 15) is 0 Å². The average Bonchev–Trinajstić information content (AvgIpc) is 3.41. The number of benzene rings is 2. The Kier molecular flexibility index (Phi) is 9.08. The molecule has 0 N–H and O–H groups in total. The van der Waals surface area contributed by atoms with E-state index in [-0.39, 0.29) is 0 Å². The molecular weight excluding hydrogens is 460 g/mol. The van der Waals surface area contributed by atoms with E-state index >= 15 is 0 Å². The maximum atomic E-state index is 4.37. The molecule has 0 radical (unpaired) electrons. The third-order valence-electron chi connectivity index (χ3n) is 6.60. The van der Waals surface area contributed by atoms with Gasteiger partial charge in [-0.3, -0.25) is 0 Å². The molecule has 192 valence electrons. The van der Waals surface area contributed by atoms with E-state index in [1.54, 1.807) is 0 Å². The van der Waals surface area contributed by atoms with Crippen LogP contribution < -0.4 is 9.13 Å². The van der Waals surface area contributed by atoms with Crippen molar-refractivity contribution in [3.05, 3.63) is 84.4 Å². The zero-order valence-corrected chi connectivity index (χ0v) is 22.5. The van der Waals surface area contributed by atoms with Gasteiger partial charge in [0.05, 0.1) is 53.0 Å². The van der Waals surface area contributed by atoms with Crippen LogP contribution in [0, 0.1) is 0 Å². The summed E-state index contributed by atoms with van der Waals surface area (Å²) in [5.74, 6) is 1.64. The molecule has 0 spiro atoms. The number of aromatic nitrogens is 4. The highest BCUT2D eigenvalue weighted by Gasteiger charge is 2.11. The fourth-order valence-corrected chi connectivity index (χ4v) is 4.30. The Morgan fingerprint density at radius 2 is 0.919 bits per heavy atom. The monoisotopic (exact) mass is 498 g/mol. The standard InChI is InChI=1S/C29H38N8/c1-34-20-21-35(2)28(34)32-30-26-16-12-24(13-17-26)10-8-6-5-7-9-11-25-14-18-27(19-15-25)31-33-29-36(3)22-23-37(29)4/h12-23H,5-11H2,1-4H3/q+2. The summed E-state index contributed by atoms with van der Waals surface area (Å²) in [6, 6.07) is 16.9. The average molecular weight is 499 g/mol. The van der Waals surface area contributed by atoms with E-state index < -0.39 is 0 Å². The Morgan fingerprint density at radius 3 is 1.27 bits per heavy atom. The van der Waals surface area contributed by atoms with E-state index in [1.165, 1.54) is 43.2 Å². The van der Waals surface area contributed by atoms with Crippen LogP contribution in [0.25, 0.3) is 0 Å². The van der Waals surface area contributed by atoms with Gasteiger partial charge in [-0.25, -0.2) is 18.3 Å². The van der Waals surface area contributed by atoms with E-state index in [2.05, 4.69) is 69.0 Å². The first-order chi connectivity index (χ1) is 18.0. The second kappa shape index (κ2) is 12.9. The van der Waals surface area contributed by atoms with E-state index in [4.69, 9.17) is 0 Å². The summed E-state index contributed by atoms with van der Waals surface area (Å²) < 4.78 is 7.81. The van der Waals surface area contributed by atoms with Gasteiger partial charge in [-0.1, -0.05) is 53.8 Å². The minimum Gasteiger partial charge on any atom is -0.233 e. The molecule has 37 heavy (non-hydrogen) atoms. The molecule has 0 bridgehead atoms. The van der Waals surface area contributed by atoms with Gasteiger partial charge in [0.25, 0.3) is 0 Å². The lowest BCUT2D eigenvalue weighted by atomic mass is 10.0. The highest BCUT2D eigenvalue weighted by atomic mass is 15.3. The van der Waals surface area contributed by atoms with Crippen LogP contribution in [0.2, 0.25) is 0 Å². The van der Waals surface area contributed by atoms with Gasteiger partial charge in [0.1, 0.15) is 11.4 Å². The summed E-state index contributed by atoms with van der Waals surface area (Å²) in [5.41, 5.74) is 4.49. The first kappa shape index (κ1) is 26.1. The van der Waals surface area contributed by atoms with Crippen molar-refractivity contribution in [3.63, 3.8) is 0 Å². The van der Waals surface area contributed by atoms with Crippen molar-refractivity contribution in [1.29, 1.82) is 0 Å². The van der Waals surface area contributed by atoms with Crippen LogP contribution in [0.4, 0.5) is 23.3 Å². The molecule has 0 atom stereocenters. The van der Waals surface area contributed by atoms with Gasteiger partial charge in [-0.2, -0.15) is 0 Å². The molecule has 2 aromatic carbocycles. The molecule has 0 unspecified atom stereocenters. The largest absolute Gasteiger partial charge is 0.421 e. The molecule has 0 amide bonds. The molecule has 0 aliphatic carbocycles. The molecule has 4 rings (SSSR count). The summed E-state index contributed by atoms with van der Waals surface area (Å²) in [6.45, 7) is 0. The summed E-state index contributed by atoms with van der Waals surface area (Å²) in [6.07, 6.45) is 16.3. The third-order valence-corrected chi connectivity index (χ3v) is 6.60. The van der Waals surface area contributed by atoms with Gasteiger partial charge in [-0.05, 0) is 61.1 Å². The summed E-state index contributed by atoms with van der Waals surface area (Å²) >= 11 is 0. The predicted molar refractivity (Wildman–Crippen MR) is 145 cm³/mol. The van der Waals surface area contributed by atoms with Crippen LogP contribution in [0.1, 0.15) is 43.2 Å². The minimum absolute atomic E-state index is 0.820. The summed E-state index contributed by atoms with van der Waals surface area (Å²) in [7, 11) is 7.87. The lowest BCUT2D eigenvalue weighted by molar-refractivity contribution is -0.657. The van der Waals surface area contributed by atoms with Crippen molar-refractivity contribution in [3.8, 4) is 0 Å². The smallest absolute Gasteiger partial charge is 0.233 e. The summed E-state index contributed by atoms with van der Waals surface area (Å²) in [5, 5.41) is 17.5. The molecule has 2 heterocycles. The summed E-state index contributed by atoms with van der Waals surface area (Å²) in [4.78, 5) is 0. The number of unbranched alkanes of at least 4 members (excludes halogenated alkanes) is 4. The topological polar surface area (TPSA) is 67.1 Å². The number of hydrogen-bond acceptors (Lipinski definition) is 4. The maximum absolute atomic E-state index is 4.37. The molecule has 0 saturated heterocycles. The van der Waals surface area contributed by atoms with Crippen molar-refractivity contribution in [1.82, 2.24) is 9.13 Å². The van der Waals surface area contributed by atoms with E-state index in [0.717, 1.165) is 36.1 Å². The van der Waals surface area contributed by atoms with E-state index in [1.807, 2.05) is 71.2 Å². The van der Waals surface area contributed by atoms with Crippen LogP contribution in [0.3, 0.4) is 0 Å². The van der Waals surface area contributed by atoms with Crippen molar-refractivity contribution in [2.75, 3.05) is 0 Å². The lowest BCUT2D eigenvalue weighted by Gasteiger charge is -2.04. The highest BCUT2D eigenvalue weighted by Crippen LogP contribution is 2.19. The normalized spacial score (nSPS) is 11.8. The second-order valence-electron chi connectivity index (χ2n) is 9.64. The van der Waals surface area contributed by atoms with Gasteiger partial charge in [0, 0.05) is 10.2 Å². The molecule has 0 aliphatic rings.